The number of aryl methyl sites for hydroxylation is 1. The maximum Gasteiger partial charge on any atom is 0.183 e. The molecule has 0 fully saturated rings. The van der Waals surface area contributed by atoms with E-state index in [-0.39, 0.29) is 0 Å². The van der Waals surface area contributed by atoms with Crippen LogP contribution in [-0.4, -0.2) is 26.4 Å². The molecule has 0 amide bonds. The second-order valence-electron chi connectivity index (χ2n) is 4.87. The summed E-state index contributed by atoms with van der Waals surface area (Å²) >= 11 is 1.63. The van der Waals surface area contributed by atoms with Gasteiger partial charge in [-0.05, 0) is 25.1 Å². The van der Waals surface area contributed by atoms with Gasteiger partial charge in [0.1, 0.15) is 11.2 Å². The van der Waals surface area contributed by atoms with E-state index in [1.807, 2.05) is 36.8 Å². The molecule has 0 radical (unpaired) electrons. The van der Waals surface area contributed by atoms with Gasteiger partial charge in [-0.2, -0.15) is 0 Å². The van der Waals surface area contributed by atoms with Crippen molar-refractivity contribution in [1.29, 1.82) is 0 Å². The predicted octanol–water partition coefficient (Wildman–Crippen LogP) is 3.36. The lowest BCUT2D eigenvalue weighted by Crippen LogP contribution is -1.88. The normalized spacial score (nSPS) is 11.3. The van der Waals surface area contributed by atoms with Gasteiger partial charge < -0.3 is 9.72 Å². The summed E-state index contributed by atoms with van der Waals surface area (Å²) in [4.78, 5) is 13.4. The Morgan fingerprint density at radius 1 is 1.19 bits per heavy atom. The quantitative estimate of drug-likeness (QED) is 0.616. The van der Waals surface area contributed by atoms with Crippen molar-refractivity contribution in [2.24, 2.45) is 0 Å². The predicted molar refractivity (Wildman–Crippen MR) is 85.9 cm³/mol. The molecule has 0 aromatic carbocycles. The van der Waals surface area contributed by atoms with Gasteiger partial charge in [0.25, 0.3) is 0 Å². The first-order valence-electron chi connectivity index (χ1n) is 6.63. The average Bonchev–Trinajstić information content (AvgIpc) is 3.06. The minimum absolute atomic E-state index is 0.907. The molecule has 0 saturated heterocycles. The Morgan fingerprint density at radius 2 is 2.10 bits per heavy atom. The largest absolute Gasteiger partial charge is 0.365 e. The van der Waals surface area contributed by atoms with Crippen molar-refractivity contribution < 1.29 is 0 Å². The molecule has 4 aromatic rings. The van der Waals surface area contributed by atoms with Crippen molar-refractivity contribution in [3.05, 3.63) is 42.5 Å². The van der Waals surface area contributed by atoms with Crippen LogP contribution in [-0.2, 0) is 0 Å². The third kappa shape index (κ3) is 2.04. The lowest BCUT2D eigenvalue weighted by molar-refractivity contribution is 1.18. The van der Waals surface area contributed by atoms with Crippen molar-refractivity contribution >= 4 is 32.3 Å². The Kier molecular flexibility index (Phi) is 2.65. The summed E-state index contributed by atoms with van der Waals surface area (Å²) in [6.07, 6.45) is 5.90. The fourth-order valence-corrected chi connectivity index (χ4v) is 3.19. The molecule has 5 nitrogen and oxygen atoms in total. The highest BCUT2D eigenvalue weighted by Crippen LogP contribution is 2.28. The van der Waals surface area contributed by atoms with Crippen LogP contribution in [0.25, 0.3) is 27.1 Å². The molecule has 0 unspecified atom stereocenters. The molecule has 0 bridgehead atoms. The molecule has 1 N–H and O–H groups in total. The molecule has 0 aliphatic rings. The monoisotopic (exact) mass is 295 g/mol. The molecule has 0 aliphatic heterocycles. The zero-order valence-corrected chi connectivity index (χ0v) is 12.5. The SMILES string of the molecule is CNc1nc2cnc(-c3ccc4nc(C)cn4c3)cc2s1. The Morgan fingerprint density at radius 3 is 2.95 bits per heavy atom. The van der Waals surface area contributed by atoms with Crippen molar-refractivity contribution in [3.63, 3.8) is 0 Å². The molecule has 4 rings (SSSR count). The summed E-state index contributed by atoms with van der Waals surface area (Å²) in [6.45, 7) is 1.99. The Labute approximate surface area is 125 Å². The van der Waals surface area contributed by atoms with Gasteiger partial charge in [-0.1, -0.05) is 11.3 Å². The number of pyridine rings is 2. The van der Waals surface area contributed by atoms with Crippen molar-refractivity contribution in [2.45, 2.75) is 6.92 Å². The first-order chi connectivity index (χ1) is 10.2. The number of imidazole rings is 1. The highest BCUT2D eigenvalue weighted by atomic mass is 32.1. The van der Waals surface area contributed by atoms with Gasteiger partial charge in [-0.15, -0.1) is 0 Å². The van der Waals surface area contributed by atoms with Crippen LogP contribution < -0.4 is 5.32 Å². The number of hydrogen-bond donors (Lipinski definition) is 1. The summed E-state index contributed by atoms with van der Waals surface area (Å²) < 4.78 is 3.16. The third-order valence-corrected chi connectivity index (χ3v) is 4.39. The van der Waals surface area contributed by atoms with Crippen molar-refractivity contribution in [3.8, 4) is 11.3 Å². The number of fused-ring (bicyclic) bond motifs is 2. The van der Waals surface area contributed by atoms with E-state index in [2.05, 4.69) is 38.6 Å². The van der Waals surface area contributed by atoms with E-state index in [1.165, 1.54) is 0 Å². The number of thiazole rings is 1. The first kappa shape index (κ1) is 12.3. The van der Waals surface area contributed by atoms with Crippen molar-refractivity contribution in [1.82, 2.24) is 19.4 Å². The molecule has 104 valence electrons. The van der Waals surface area contributed by atoms with Crippen LogP contribution in [0.2, 0.25) is 0 Å². The highest BCUT2D eigenvalue weighted by Gasteiger charge is 2.07. The molecule has 6 heteroatoms. The minimum atomic E-state index is 0.907. The van der Waals surface area contributed by atoms with Crippen LogP contribution in [0, 0.1) is 6.92 Å². The van der Waals surface area contributed by atoms with Crippen LogP contribution in [0.4, 0.5) is 5.13 Å². The summed E-state index contributed by atoms with van der Waals surface area (Å²) in [7, 11) is 1.88. The Bertz CT molecular complexity index is 953. The number of nitrogens with zero attached hydrogens (tertiary/aromatic N) is 4. The minimum Gasteiger partial charge on any atom is -0.365 e. The topological polar surface area (TPSA) is 55.1 Å². The summed E-state index contributed by atoms with van der Waals surface area (Å²) in [5.74, 6) is 0. The van der Waals surface area contributed by atoms with Crippen molar-refractivity contribution in [2.75, 3.05) is 12.4 Å². The van der Waals surface area contributed by atoms with Crippen LogP contribution in [0.3, 0.4) is 0 Å². The molecular weight excluding hydrogens is 282 g/mol. The number of hydrogen-bond acceptors (Lipinski definition) is 5. The lowest BCUT2D eigenvalue weighted by atomic mass is 10.2. The van der Waals surface area contributed by atoms with E-state index < -0.39 is 0 Å². The molecule has 4 aromatic heterocycles. The number of anilines is 1. The maximum atomic E-state index is 4.52. The van der Waals surface area contributed by atoms with Crippen LogP contribution >= 0.6 is 11.3 Å². The molecular formula is C15H13N5S. The van der Waals surface area contributed by atoms with E-state index in [0.29, 0.717) is 0 Å². The molecule has 0 spiro atoms. The zero-order valence-electron chi connectivity index (χ0n) is 11.7. The fraction of sp³-hybridized carbons (Fsp3) is 0.133. The maximum absolute atomic E-state index is 4.52. The third-order valence-electron chi connectivity index (χ3n) is 3.36. The van der Waals surface area contributed by atoms with E-state index in [4.69, 9.17) is 0 Å². The number of rotatable bonds is 2. The van der Waals surface area contributed by atoms with Gasteiger partial charge in [-0.25, -0.2) is 9.97 Å². The van der Waals surface area contributed by atoms with Gasteiger partial charge in [0.05, 0.1) is 22.3 Å². The second-order valence-corrected chi connectivity index (χ2v) is 5.90. The van der Waals surface area contributed by atoms with Gasteiger partial charge >= 0.3 is 0 Å². The lowest BCUT2D eigenvalue weighted by Gasteiger charge is -2.01. The molecule has 0 saturated carbocycles. The summed E-state index contributed by atoms with van der Waals surface area (Å²) in [5.41, 5.74) is 4.90. The zero-order chi connectivity index (χ0) is 14.4. The van der Waals surface area contributed by atoms with Crippen LogP contribution in [0.1, 0.15) is 5.69 Å². The first-order valence-corrected chi connectivity index (χ1v) is 7.45. The van der Waals surface area contributed by atoms with Gasteiger partial charge in [-0.3, -0.25) is 4.98 Å². The number of nitrogens with one attached hydrogen (secondary N) is 1. The van der Waals surface area contributed by atoms with Gasteiger partial charge in [0.15, 0.2) is 5.13 Å². The van der Waals surface area contributed by atoms with Crippen LogP contribution in [0.15, 0.2) is 36.8 Å². The van der Waals surface area contributed by atoms with E-state index in [9.17, 15) is 0 Å². The van der Waals surface area contributed by atoms with Crippen LogP contribution in [0.5, 0.6) is 0 Å². The van der Waals surface area contributed by atoms with E-state index in [0.717, 1.165) is 37.9 Å². The Hall–Kier alpha value is -2.47. The molecule has 21 heavy (non-hydrogen) atoms. The molecule has 0 atom stereocenters. The average molecular weight is 295 g/mol. The summed E-state index contributed by atoms with van der Waals surface area (Å²) in [5, 5.41) is 3.98. The highest BCUT2D eigenvalue weighted by molar-refractivity contribution is 7.22. The smallest absolute Gasteiger partial charge is 0.183 e. The molecule has 4 heterocycles. The Balaban J connectivity index is 1.86. The van der Waals surface area contributed by atoms with Gasteiger partial charge in [0.2, 0.25) is 0 Å². The van der Waals surface area contributed by atoms with E-state index in [1.54, 1.807) is 11.3 Å². The molecule has 0 aliphatic carbocycles. The number of aromatic nitrogens is 4. The van der Waals surface area contributed by atoms with Gasteiger partial charge in [0, 0.05) is 25.0 Å². The standard InChI is InChI=1S/C15H13N5S/c1-9-7-20-8-10(3-4-14(20)18-9)11-5-13-12(6-17-11)19-15(16-2)21-13/h3-8H,1-2H3,(H,16,19). The summed E-state index contributed by atoms with van der Waals surface area (Å²) in [6, 6.07) is 6.15. The van der Waals surface area contributed by atoms with E-state index >= 15 is 0 Å². The fourth-order valence-electron chi connectivity index (χ4n) is 2.37. The second kappa shape index (κ2) is 4.53.